The SMILES string of the molecule is C=CCOC[C@H]1CCCN1.CC.CC/C=C(\CC)Cc1ccc(Br)cc1. The van der Waals surface area contributed by atoms with Crippen LogP contribution < -0.4 is 5.32 Å². The summed E-state index contributed by atoms with van der Waals surface area (Å²) >= 11 is 3.44. The summed E-state index contributed by atoms with van der Waals surface area (Å²) in [5, 5.41) is 3.36. The van der Waals surface area contributed by atoms with Crippen LogP contribution in [0.1, 0.15) is 58.9 Å². The van der Waals surface area contributed by atoms with E-state index in [-0.39, 0.29) is 0 Å². The van der Waals surface area contributed by atoms with Gasteiger partial charge in [0, 0.05) is 10.5 Å². The van der Waals surface area contributed by atoms with Crippen molar-refractivity contribution in [3.63, 3.8) is 0 Å². The van der Waals surface area contributed by atoms with Gasteiger partial charge in [-0.25, -0.2) is 0 Å². The molecule has 1 fully saturated rings. The van der Waals surface area contributed by atoms with Crippen LogP contribution in [0.15, 0.2) is 53.0 Å². The lowest BCUT2D eigenvalue weighted by molar-refractivity contribution is 0.141. The van der Waals surface area contributed by atoms with E-state index in [9.17, 15) is 0 Å². The van der Waals surface area contributed by atoms with Crippen LogP contribution in [-0.2, 0) is 11.2 Å². The minimum absolute atomic E-state index is 0.597. The van der Waals surface area contributed by atoms with Crippen LogP contribution in [0.5, 0.6) is 0 Å². The van der Waals surface area contributed by atoms with Crippen LogP contribution in [-0.4, -0.2) is 25.8 Å². The molecule has 2 rings (SSSR count). The molecule has 0 aromatic heterocycles. The van der Waals surface area contributed by atoms with Crippen LogP contribution in [0.4, 0.5) is 0 Å². The van der Waals surface area contributed by atoms with Crippen molar-refractivity contribution in [2.24, 2.45) is 0 Å². The Balaban J connectivity index is 0.000000458. The first-order valence-electron chi connectivity index (χ1n) is 10.0. The summed E-state index contributed by atoms with van der Waals surface area (Å²) in [7, 11) is 0. The predicted octanol–water partition coefficient (Wildman–Crippen LogP) is 6.71. The number of hydrogen-bond acceptors (Lipinski definition) is 2. The molecule has 0 spiro atoms. The van der Waals surface area contributed by atoms with Gasteiger partial charge in [-0.05, 0) is 56.3 Å². The first-order chi connectivity index (χ1) is 12.7. The zero-order valence-electron chi connectivity index (χ0n) is 17.2. The lowest BCUT2D eigenvalue weighted by atomic mass is 10.0. The normalized spacial score (nSPS) is 16.2. The summed E-state index contributed by atoms with van der Waals surface area (Å²) in [5.74, 6) is 0. The molecule has 0 saturated carbocycles. The first kappa shape index (κ1) is 25.1. The smallest absolute Gasteiger partial charge is 0.0645 e. The first-order valence-corrected chi connectivity index (χ1v) is 10.8. The van der Waals surface area contributed by atoms with E-state index in [1.165, 1.54) is 24.0 Å². The Kier molecular flexibility index (Phi) is 16.9. The average molecular weight is 424 g/mol. The highest BCUT2D eigenvalue weighted by atomic mass is 79.9. The van der Waals surface area contributed by atoms with E-state index >= 15 is 0 Å². The van der Waals surface area contributed by atoms with E-state index in [1.807, 2.05) is 13.8 Å². The zero-order chi connectivity index (χ0) is 19.6. The molecule has 3 heteroatoms. The molecule has 2 nitrogen and oxygen atoms in total. The molecular weight excluding hydrogens is 386 g/mol. The van der Waals surface area contributed by atoms with Crippen molar-refractivity contribution in [3.8, 4) is 0 Å². The van der Waals surface area contributed by atoms with Gasteiger partial charge in [-0.2, -0.15) is 0 Å². The molecule has 0 radical (unpaired) electrons. The summed E-state index contributed by atoms with van der Waals surface area (Å²) in [6, 6.07) is 9.18. The fourth-order valence-corrected chi connectivity index (χ4v) is 2.95. The molecule has 1 aromatic rings. The average Bonchev–Trinajstić information content (AvgIpc) is 3.19. The molecule has 1 aromatic carbocycles. The highest BCUT2D eigenvalue weighted by molar-refractivity contribution is 9.10. The second-order valence-electron chi connectivity index (χ2n) is 6.05. The molecule has 1 aliphatic heterocycles. The zero-order valence-corrected chi connectivity index (χ0v) is 18.8. The minimum atomic E-state index is 0.597. The number of allylic oxidation sites excluding steroid dienone is 2. The second-order valence-corrected chi connectivity index (χ2v) is 6.96. The summed E-state index contributed by atoms with van der Waals surface area (Å²) in [6.07, 6.45) is 10.1. The van der Waals surface area contributed by atoms with Gasteiger partial charge in [0.05, 0.1) is 13.2 Å². The van der Waals surface area contributed by atoms with E-state index < -0.39 is 0 Å². The Morgan fingerprint density at radius 1 is 1.27 bits per heavy atom. The van der Waals surface area contributed by atoms with Crippen molar-refractivity contribution in [1.82, 2.24) is 5.32 Å². The molecule has 1 heterocycles. The van der Waals surface area contributed by atoms with E-state index in [4.69, 9.17) is 4.74 Å². The maximum absolute atomic E-state index is 5.29. The maximum atomic E-state index is 5.29. The Morgan fingerprint density at radius 2 is 1.96 bits per heavy atom. The molecule has 1 saturated heterocycles. The summed E-state index contributed by atoms with van der Waals surface area (Å²) in [4.78, 5) is 0. The van der Waals surface area contributed by atoms with Gasteiger partial charge in [-0.15, -0.1) is 6.58 Å². The number of rotatable bonds is 8. The highest BCUT2D eigenvalue weighted by Crippen LogP contribution is 2.15. The Morgan fingerprint density at radius 3 is 2.46 bits per heavy atom. The van der Waals surface area contributed by atoms with E-state index in [0.29, 0.717) is 12.6 Å². The molecule has 148 valence electrons. The number of ether oxygens (including phenoxy) is 1. The van der Waals surface area contributed by atoms with Crippen LogP contribution in [0.25, 0.3) is 0 Å². The van der Waals surface area contributed by atoms with Crippen LogP contribution in [0.2, 0.25) is 0 Å². The van der Waals surface area contributed by atoms with Crippen molar-refractivity contribution in [1.29, 1.82) is 0 Å². The van der Waals surface area contributed by atoms with Crippen molar-refractivity contribution >= 4 is 15.9 Å². The third-order valence-corrected chi connectivity index (χ3v) is 4.54. The molecule has 1 N–H and O–H groups in total. The molecule has 1 atom stereocenters. The molecule has 1 aliphatic rings. The number of nitrogens with one attached hydrogen (secondary N) is 1. The van der Waals surface area contributed by atoms with Crippen molar-refractivity contribution in [3.05, 3.63) is 58.6 Å². The Labute approximate surface area is 170 Å². The lowest BCUT2D eigenvalue weighted by Gasteiger charge is -2.08. The quantitative estimate of drug-likeness (QED) is 0.370. The van der Waals surface area contributed by atoms with Gasteiger partial charge in [0.2, 0.25) is 0 Å². The molecule has 0 unspecified atom stereocenters. The van der Waals surface area contributed by atoms with E-state index in [1.54, 1.807) is 6.08 Å². The second kappa shape index (κ2) is 17.5. The van der Waals surface area contributed by atoms with E-state index in [0.717, 1.165) is 36.9 Å². The molecule has 0 bridgehead atoms. The number of hydrogen-bond donors (Lipinski definition) is 1. The van der Waals surface area contributed by atoms with Gasteiger partial charge in [0.1, 0.15) is 0 Å². The topological polar surface area (TPSA) is 21.3 Å². The third kappa shape index (κ3) is 12.5. The number of benzene rings is 1. The van der Waals surface area contributed by atoms with Gasteiger partial charge < -0.3 is 10.1 Å². The standard InChI is InChI=1S/C13H17Br.C8H15NO.C2H6/c1-3-5-11(4-2)10-12-6-8-13(14)9-7-12;1-2-6-10-7-8-4-3-5-9-8;1-2/h5-9H,3-4,10H2,1-2H3;2,8-9H,1,3-7H2;1-2H3/b11-5+;;/t;8-;/m.1./s1. The van der Waals surface area contributed by atoms with Crippen LogP contribution >= 0.6 is 15.9 Å². The fraction of sp³-hybridized carbons (Fsp3) is 0.565. The summed E-state index contributed by atoms with van der Waals surface area (Å²) in [5.41, 5.74) is 2.93. The lowest BCUT2D eigenvalue weighted by Crippen LogP contribution is -2.26. The van der Waals surface area contributed by atoms with Gasteiger partial charge in [-0.1, -0.05) is 73.5 Å². The summed E-state index contributed by atoms with van der Waals surface area (Å²) < 4.78 is 6.44. The summed E-state index contributed by atoms with van der Waals surface area (Å²) in [6.45, 7) is 14.7. The Hall–Kier alpha value is -0.900. The molecule has 26 heavy (non-hydrogen) atoms. The minimum Gasteiger partial charge on any atom is -0.376 e. The van der Waals surface area contributed by atoms with Gasteiger partial charge in [-0.3, -0.25) is 0 Å². The molecule has 0 amide bonds. The van der Waals surface area contributed by atoms with E-state index in [2.05, 4.69) is 72.0 Å². The van der Waals surface area contributed by atoms with Crippen LogP contribution in [0.3, 0.4) is 0 Å². The Bertz CT molecular complexity index is 475. The van der Waals surface area contributed by atoms with Crippen LogP contribution in [0, 0.1) is 0 Å². The maximum Gasteiger partial charge on any atom is 0.0645 e. The monoisotopic (exact) mass is 423 g/mol. The molecular formula is C23H38BrNO. The number of halogens is 1. The van der Waals surface area contributed by atoms with Gasteiger partial charge in [0.15, 0.2) is 0 Å². The van der Waals surface area contributed by atoms with Crippen molar-refractivity contribution < 1.29 is 4.74 Å². The van der Waals surface area contributed by atoms with Gasteiger partial charge >= 0.3 is 0 Å². The highest BCUT2D eigenvalue weighted by Gasteiger charge is 2.12. The van der Waals surface area contributed by atoms with Crippen molar-refractivity contribution in [2.75, 3.05) is 19.8 Å². The molecule has 0 aliphatic carbocycles. The third-order valence-electron chi connectivity index (χ3n) is 4.01. The largest absolute Gasteiger partial charge is 0.376 e. The fourth-order valence-electron chi connectivity index (χ4n) is 2.69. The van der Waals surface area contributed by atoms with Crippen molar-refractivity contribution in [2.45, 2.75) is 65.8 Å². The predicted molar refractivity (Wildman–Crippen MR) is 120 cm³/mol. The van der Waals surface area contributed by atoms with Gasteiger partial charge in [0.25, 0.3) is 0 Å².